The third kappa shape index (κ3) is 4.02. The van der Waals surface area contributed by atoms with Gasteiger partial charge in [0.15, 0.2) is 0 Å². The van der Waals surface area contributed by atoms with E-state index >= 15 is 0 Å². The number of amides is 2. The van der Waals surface area contributed by atoms with Crippen LogP contribution >= 0.6 is 0 Å². The lowest BCUT2D eigenvalue weighted by molar-refractivity contribution is 0.161. The molecule has 0 saturated carbocycles. The lowest BCUT2D eigenvalue weighted by atomic mass is 10.1. The summed E-state index contributed by atoms with van der Waals surface area (Å²) in [5.41, 5.74) is 1.26. The van der Waals surface area contributed by atoms with Crippen LogP contribution in [0.3, 0.4) is 0 Å². The molecule has 122 valence electrons. The highest BCUT2D eigenvalue weighted by Gasteiger charge is 2.30. The summed E-state index contributed by atoms with van der Waals surface area (Å²) in [6.45, 7) is 4.14. The molecule has 0 bridgehead atoms. The van der Waals surface area contributed by atoms with Gasteiger partial charge in [0, 0.05) is 24.8 Å². The van der Waals surface area contributed by atoms with Crippen LogP contribution in [0.4, 0.5) is 10.5 Å². The summed E-state index contributed by atoms with van der Waals surface area (Å²) in [7, 11) is 0. The number of nitrogens with zero attached hydrogens (tertiary/aromatic N) is 3. The number of piperidine rings is 1. The van der Waals surface area contributed by atoms with Gasteiger partial charge in [0.1, 0.15) is 0 Å². The number of nitriles is 1. The average Bonchev–Trinajstić information content (AvgIpc) is 3.04. The molecule has 2 aliphatic rings. The normalized spacial score (nSPS) is 21.9. The third-order valence-corrected chi connectivity index (χ3v) is 4.80. The van der Waals surface area contributed by atoms with Crippen molar-refractivity contribution in [3.8, 4) is 6.07 Å². The molecular formula is C18H24N4O. The predicted octanol–water partition coefficient (Wildman–Crippen LogP) is 3.04. The second kappa shape index (κ2) is 7.47. The highest BCUT2D eigenvalue weighted by Crippen LogP contribution is 2.21. The lowest BCUT2D eigenvalue weighted by Gasteiger charge is -2.33. The van der Waals surface area contributed by atoms with Crippen molar-refractivity contribution in [1.82, 2.24) is 9.80 Å². The van der Waals surface area contributed by atoms with Gasteiger partial charge in [-0.1, -0.05) is 12.5 Å². The molecule has 1 atom stereocenters. The Morgan fingerprint density at radius 3 is 2.83 bits per heavy atom. The third-order valence-electron chi connectivity index (χ3n) is 4.80. The monoisotopic (exact) mass is 312 g/mol. The number of hydrogen-bond acceptors (Lipinski definition) is 3. The van der Waals surface area contributed by atoms with E-state index in [4.69, 9.17) is 5.26 Å². The van der Waals surface area contributed by atoms with Gasteiger partial charge in [0.25, 0.3) is 0 Å². The summed E-state index contributed by atoms with van der Waals surface area (Å²) >= 11 is 0. The first-order valence-electron chi connectivity index (χ1n) is 8.56. The van der Waals surface area contributed by atoms with Crippen LogP contribution < -0.4 is 5.32 Å². The van der Waals surface area contributed by atoms with E-state index in [0.717, 1.165) is 39.0 Å². The molecule has 0 unspecified atom stereocenters. The van der Waals surface area contributed by atoms with Crippen molar-refractivity contribution >= 4 is 11.7 Å². The fraction of sp³-hybridized carbons (Fsp3) is 0.556. The molecule has 0 spiro atoms. The Morgan fingerprint density at radius 1 is 1.22 bits per heavy atom. The van der Waals surface area contributed by atoms with E-state index in [1.54, 1.807) is 18.2 Å². The molecule has 5 nitrogen and oxygen atoms in total. The molecule has 1 aromatic carbocycles. The van der Waals surface area contributed by atoms with Gasteiger partial charge in [0.05, 0.1) is 11.6 Å². The van der Waals surface area contributed by atoms with Crippen LogP contribution in [0, 0.1) is 11.3 Å². The first-order valence-corrected chi connectivity index (χ1v) is 8.56. The quantitative estimate of drug-likeness (QED) is 0.933. The lowest BCUT2D eigenvalue weighted by Crippen LogP contribution is -2.46. The van der Waals surface area contributed by atoms with Crippen LogP contribution in [-0.4, -0.2) is 48.1 Å². The van der Waals surface area contributed by atoms with Crippen LogP contribution in [0.5, 0.6) is 0 Å². The van der Waals surface area contributed by atoms with Crippen molar-refractivity contribution < 1.29 is 4.79 Å². The summed E-state index contributed by atoms with van der Waals surface area (Å²) in [5.74, 6) is 0. The van der Waals surface area contributed by atoms with Gasteiger partial charge in [-0.15, -0.1) is 0 Å². The number of rotatable bonds is 3. The van der Waals surface area contributed by atoms with Gasteiger partial charge < -0.3 is 15.1 Å². The minimum Gasteiger partial charge on any atom is -0.320 e. The van der Waals surface area contributed by atoms with E-state index < -0.39 is 0 Å². The Bertz CT molecular complexity index is 589. The van der Waals surface area contributed by atoms with Gasteiger partial charge in [-0.3, -0.25) is 0 Å². The van der Waals surface area contributed by atoms with Crippen LogP contribution in [0.25, 0.3) is 0 Å². The molecule has 2 fully saturated rings. The molecule has 2 amide bonds. The smallest absolute Gasteiger partial charge is 0.320 e. The van der Waals surface area contributed by atoms with E-state index in [1.165, 1.54) is 19.3 Å². The summed E-state index contributed by atoms with van der Waals surface area (Å²) in [4.78, 5) is 17.0. The largest absolute Gasteiger partial charge is 0.322 e. The van der Waals surface area contributed by atoms with Crippen molar-refractivity contribution in [2.45, 2.75) is 38.1 Å². The molecule has 2 aliphatic heterocycles. The zero-order chi connectivity index (χ0) is 16.1. The Hall–Kier alpha value is -2.06. The molecule has 2 heterocycles. The number of carbonyl (C=O) groups excluding carboxylic acids is 1. The van der Waals surface area contributed by atoms with Crippen molar-refractivity contribution in [2.75, 3.05) is 31.5 Å². The van der Waals surface area contributed by atoms with Crippen molar-refractivity contribution in [2.24, 2.45) is 0 Å². The van der Waals surface area contributed by atoms with Gasteiger partial charge >= 0.3 is 6.03 Å². The Kier molecular flexibility index (Phi) is 5.14. The Balaban J connectivity index is 1.60. The molecule has 23 heavy (non-hydrogen) atoms. The highest BCUT2D eigenvalue weighted by atomic mass is 16.2. The topological polar surface area (TPSA) is 59.4 Å². The maximum absolute atomic E-state index is 12.6. The Morgan fingerprint density at radius 2 is 2.04 bits per heavy atom. The molecule has 3 rings (SSSR count). The zero-order valence-corrected chi connectivity index (χ0v) is 13.5. The number of benzene rings is 1. The number of hydrogen-bond donors (Lipinski definition) is 1. The van der Waals surface area contributed by atoms with Crippen LogP contribution in [-0.2, 0) is 0 Å². The first-order chi connectivity index (χ1) is 11.3. The summed E-state index contributed by atoms with van der Waals surface area (Å²) in [5, 5.41) is 11.9. The van der Waals surface area contributed by atoms with E-state index in [9.17, 15) is 4.79 Å². The highest BCUT2D eigenvalue weighted by molar-refractivity contribution is 5.89. The molecule has 5 heteroatoms. The summed E-state index contributed by atoms with van der Waals surface area (Å²) in [6.07, 6.45) is 6.05. The molecule has 0 aromatic heterocycles. The standard InChI is InChI=1S/C18H24N4O/c19-13-15-6-4-7-16(12-15)20-18(23)22-11-5-8-17(22)14-21-9-2-1-3-10-21/h4,6-7,12,17H,1-3,5,8-11,14H2,(H,20,23)/t17-/m0/s1. The van der Waals surface area contributed by atoms with Crippen LogP contribution in [0.15, 0.2) is 24.3 Å². The summed E-state index contributed by atoms with van der Waals surface area (Å²) < 4.78 is 0. The molecule has 0 aliphatic carbocycles. The number of carbonyl (C=O) groups is 1. The van der Waals surface area contributed by atoms with Crippen LogP contribution in [0.1, 0.15) is 37.7 Å². The number of urea groups is 1. The molecule has 1 aromatic rings. The van der Waals surface area contributed by atoms with Gasteiger partial charge in [0.2, 0.25) is 0 Å². The zero-order valence-electron chi connectivity index (χ0n) is 13.5. The SMILES string of the molecule is N#Cc1cccc(NC(=O)N2CCC[C@H]2CN2CCCCC2)c1. The van der Waals surface area contributed by atoms with Gasteiger partial charge in [-0.25, -0.2) is 4.79 Å². The second-order valence-corrected chi connectivity index (χ2v) is 6.47. The second-order valence-electron chi connectivity index (χ2n) is 6.47. The van der Waals surface area contributed by atoms with E-state index in [-0.39, 0.29) is 6.03 Å². The van der Waals surface area contributed by atoms with Gasteiger partial charge in [-0.05, 0) is 57.0 Å². The predicted molar refractivity (Wildman–Crippen MR) is 90.2 cm³/mol. The van der Waals surface area contributed by atoms with E-state index in [0.29, 0.717) is 17.3 Å². The number of anilines is 1. The van der Waals surface area contributed by atoms with Crippen LogP contribution in [0.2, 0.25) is 0 Å². The minimum absolute atomic E-state index is 0.0420. The average molecular weight is 312 g/mol. The van der Waals surface area contributed by atoms with Crippen molar-refractivity contribution in [3.05, 3.63) is 29.8 Å². The van der Waals surface area contributed by atoms with Crippen molar-refractivity contribution in [1.29, 1.82) is 5.26 Å². The molecule has 1 N–H and O–H groups in total. The summed E-state index contributed by atoms with van der Waals surface area (Å²) in [6, 6.07) is 9.45. The maximum atomic E-state index is 12.6. The molecule has 2 saturated heterocycles. The fourth-order valence-corrected chi connectivity index (χ4v) is 3.59. The van der Waals surface area contributed by atoms with Gasteiger partial charge in [-0.2, -0.15) is 5.26 Å². The Labute approximate surface area is 137 Å². The maximum Gasteiger partial charge on any atom is 0.322 e. The first kappa shape index (κ1) is 15.8. The fourth-order valence-electron chi connectivity index (χ4n) is 3.59. The van der Waals surface area contributed by atoms with E-state index in [1.807, 2.05) is 11.0 Å². The van der Waals surface area contributed by atoms with E-state index in [2.05, 4.69) is 16.3 Å². The minimum atomic E-state index is -0.0420. The number of nitrogens with one attached hydrogen (secondary N) is 1. The number of likely N-dealkylation sites (tertiary alicyclic amines) is 2. The molecule has 0 radical (unpaired) electrons. The molecular weight excluding hydrogens is 288 g/mol. The van der Waals surface area contributed by atoms with Crippen molar-refractivity contribution in [3.63, 3.8) is 0 Å².